The highest BCUT2D eigenvalue weighted by molar-refractivity contribution is 7.12. The average Bonchev–Trinajstić information content (AvgIpc) is 2.75. The van der Waals surface area contributed by atoms with E-state index in [1.807, 2.05) is 26.0 Å². The molecule has 102 valence electrons. The van der Waals surface area contributed by atoms with E-state index in [4.69, 9.17) is 0 Å². The third kappa shape index (κ3) is 3.19. The van der Waals surface area contributed by atoms with Crippen LogP contribution in [-0.2, 0) is 0 Å². The lowest BCUT2D eigenvalue weighted by atomic mass is 10.1. The number of hydrogen-bond donors (Lipinski definition) is 1. The minimum absolute atomic E-state index is 0.0627. The lowest BCUT2D eigenvalue weighted by Crippen LogP contribution is -2.23. The summed E-state index contributed by atoms with van der Waals surface area (Å²) in [5.74, 6) is -1.01. The predicted molar refractivity (Wildman–Crippen MR) is 75.4 cm³/mol. The summed E-state index contributed by atoms with van der Waals surface area (Å²) in [6.07, 6.45) is 0. The number of hydrogen-bond acceptors (Lipinski definition) is 2. The zero-order valence-corrected chi connectivity index (χ0v) is 12.0. The topological polar surface area (TPSA) is 12.0 Å². The summed E-state index contributed by atoms with van der Waals surface area (Å²) < 4.78 is 27.4. The molecular weight excluding hydrogens is 264 g/mol. The fourth-order valence-corrected chi connectivity index (χ4v) is 3.04. The molecule has 2 rings (SSSR count). The molecule has 0 aliphatic carbocycles. The second-order valence-electron chi connectivity index (χ2n) is 4.69. The van der Waals surface area contributed by atoms with Crippen molar-refractivity contribution < 1.29 is 8.78 Å². The lowest BCUT2D eigenvalue weighted by molar-refractivity contribution is 0.453. The molecule has 0 aliphatic heterocycles. The van der Waals surface area contributed by atoms with Crippen molar-refractivity contribution in [3.8, 4) is 0 Å². The maximum Gasteiger partial charge on any atom is 0.130 e. The van der Waals surface area contributed by atoms with Crippen LogP contribution in [0.5, 0.6) is 0 Å². The Balaban J connectivity index is 2.15. The minimum atomic E-state index is -0.505. The molecule has 4 heteroatoms. The van der Waals surface area contributed by atoms with Crippen LogP contribution < -0.4 is 5.32 Å². The van der Waals surface area contributed by atoms with Crippen LogP contribution in [0.25, 0.3) is 0 Å². The highest BCUT2D eigenvalue weighted by atomic mass is 32.1. The summed E-state index contributed by atoms with van der Waals surface area (Å²) in [4.78, 5) is 2.40. The van der Waals surface area contributed by atoms with Crippen molar-refractivity contribution >= 4 is 11.3 Å². The first-order chi connectivity index (χ1) is 8.99. The van der Waals surface area contributed by atoms with E-state index in [-0.39, 0.29) is 17.6 Å². The zero-order valence-electron chi connectivity index (χ0n) is 11.2. The normalized spacial score (nSPS) is 14.4. The monoisotopic (exact) mass is 281 g/mol. The van der Waals surface area contributed by atoms with Gasteiger partial charge in [-0.05, 0) is 45.0 Å². The molecule has 0 amide bonds. The van der Waals surface area contributed by atoms with Crippen LogP contribution in [0.4, 0.5) is 8.78 Å². The number of nitrogens with one attached hydrogen (secondary N) is 1. The minimum Gasteiger partial charge on any atom is -0.303 e. The van der Waals surface area contributed by atoms with Gasteiger partial charge in [-0.2, -0.15) is 0 Å². The molecule has 0 aliphatic rings. The van der Waals surface area contributed by atoms with Crippen LogP contribution >= 0.6 is 11.3 Å². The summed E-state index contributed by atoms with van der Waals surface area (Å²) in [5.41, 5.74) is 0.0997. The van der Waals surface area contributed by atoms with Crippen LogP contribution in [0.3, 0.4) is 0 Å². The van der Waals surface area contributed by atoms with E-state index >= 15 is 0 Å². The van der Waals surface area contributed by atoms with E-state index in [2.05, 4.69) is 5.32 Å². The first kappa shape index (κ1) is 14.2. The van der Waals surface area contributed by atoms with Gasteiger partial charge < -0.3 is 5.32 Å². The number of halogens is 2. The summed E-state index contributed by atoms with van der Waals surface area (Å²) in [7, 11) is 0. The third-order valence-corrected chi connectivity index (χ3v) is 4.30. The largest absolute Gasteiger partial charge is 0.303 e. The van der Waals surface area contributed by atoms with Gasteiger partial charge in [-0.25, -0.2) is 8.78 Å². The van der Waals surface area contributed by atoms with Gasteiger partial charge in [-0.3, -0.25) is 0 Å². The van der Waals surface area contributed by atoms with Crippen molar-refractivity contribution in [2.24, 2.45) is 0 Å². The quantitative estimate of drug-likeness (QED) is 0.853. The van der Waals surface area contributed by atoms with E-state index in [0.29, 0.717) is 0 Å². The Hall–Kier alpha value is -1.26. The maximum atomic E-state index is 13.7. The second-order valence-corrected chi connectivity index (χ2v) is 6.01. The maximum absolute atomic E-state index is 13.7. The number of benzene rings is 1. The summed E-state index contributed by atoms with van der Waals surface area (Å²) >= 11 is 1.69. The molecule has 1 N–H and O–H groups in total. The highest BCUT2D eigenvalue weighted by Gasteiger charge is 2.18. The Morgan fingerprint density at radius 1 is 1.00 bits per heavy atom. The number of thiophene rings is 1. The number of aryl methyl sites for hydroxylation is 1. The van der Waals surface area contributed by atoms with Crippen molar-refractivity contribution in [3.63, 3.8) is 0 Å². The Morgan fingerprint density at radius 3 is 2.16 bits per heavy atom. The van der Waals surface area contributed by atoms with Crippen molar-refractivity contribution in [2.75, 3.05) is 0 Å². The molecule has 0 fully saturated rings. The average molecular weight is 281 g/mol. The smallest absolute Gasteiger partial charge is 0.130 e. The van der Waals surface area contributed by atoms with Gasteiger partial charge in [0.15, 0.2) is 0 Å². The molecule has 19 heavy (non-hydrogen) atoms. The van der Waals surface area contributed by atoms with E-state index in [9.17, 15) is 8.78 Å². The highest BCUT2D eigenvalue weighted by Crippen LogP contribution is 2.27. The Labute approximate surface area is 116 Å². The molecule has 2 unspecified atom stereocenters. The molecule has 0 spiro atoms. The van der Waals surface area contributed by atoms with Gasteiger partial charge in [0.1, 0.15) is 11.6 Å². The molecule has 2 aromatic rings. The van der Waals surface area contributed by atoms with E-state index in [0.717, 1.165) is 0 Å². The van der Waals surface area contributed by atoms with Crippen molar-refractivity contribution in [3.05, 3.63) is 57.3 Å². The van der Waals surface area contributed by atoms with Gasteiger partial charge in [0.05, 0.1) is 0 Å². The molecule has 1 aromatic heterocycles. The molecule has 0 radical (unpaired) electrons. The summed E-state index contributed by atoms with van der Waals surface area (Å²) in [6, 6.07) is 7.74. The molecule has 2 atom stereocenters. The van der Waals surface area contributed by atoms with Gasteiger partial charge in [-0.15, -0.1) is 11.3 Å². The van der Waals surface area contributed by atoms with Crippen molar-refractivity contribution in [2.45, 2.75) is 32.9 Å². The van der Waals surface area contributed by atoms with Crippen LogP contribution in [0.1, 0.15) is 41.2 Å². The third-order valence-electron chi connectivity index (χ3n) is 3.12. The zero-order chi connectivity index (χ0) is 14.0. The first-order valence-electron chi connectivity index (χ1n) is 6.25. The second kappa shape index (κ2) is 5.80. The summed E-state index contributed by atoms with van der Waals surface area (Å²) in [6.45, 7) is 5.82. The molecule has 0 bridgehead atoms. The Kier molecular flexibility index (Phi) is 4.32. The van der Waals surface area contributed by atoms with Gasteiger partial charge in [0.25, 0.3) is 0 Å². The molecule has 0 saturated heterocycles. The van der Waals surface area contributed by atoms with Crippen LogP contribution in [0.15, 0.2) is 30.3 Å². The molecule has 0 saturated carbocycles. The fourth-order valence-electron chi connectivity index (χ4n) is 2.15. The first-order valence-corrected chi connectivity index (χ1v) is 7.07. The molecular formula is C15H17F2NS. The van der Waals surface area contributed by atoms with Crippen LogP contribution in [0.2, 0.25) is 0 Å². The SMILES string of the molecule is Cc1ccc(C(C)NC(C)c2c(F)cccc2F)s1. The van der Waals surface area contributed by atoms with Crippen LogP contribution in [-0.4, -0.2) is 0 Å². The van der Waals surface area contributed by atoms with Gasteiger partial charge in [0, 0.05) is 27.4 Å². The van der Waals surface area contributed by atoms with Gasteiger partial charge >= 0.3 is 0 Å². The van der Waals surface area contributed by atoms with E-state index in [1.54, 1.807) is 18.3 Å². The van der Waals surface area contributed by atoms with Crippen molar-refractivity contribution in [1.82, 2.24) is 5.32 Å². The van der Waals surface area contributed by atoms with Crippen molar-refractivity contribution in [1.29, 1.82) is 0 Å². The number of rotatable bonds is 4. The van der Waals surface area contributed by atoms with Crippen LogP contribution in [0, 0.1) is 18.6 Å². The summed E-state index contributed by atoms with van der Waals surface area (Å²) in [5, 5.41) is 3.24. The molecule has 1 aromatic carbocycles. The predicted octanol–water partition coefficient (Wildman–Crippen LogP) is 4.75. The lowest BCUT2D eigenvalue weighted by Gasteiger charge is -2.20. The Morgan fingerprint density at radius 2 is 1.63 bits per heavy atom. The molecule has 1 nitrogen and oxygen atoms in total. The fraction of sp³-hybridized carbons (Fsp3) is 0.333. The Bertz CT molecular complexity index is 545. The van der Waals surface area contributed by atoms with Gasteiger partial charge in [0.2, 0.25) is 0 Å². The standard InChI is InChI=1S/C15H17F2NS/c1-9-7-8-14(19-9)10(2)18-11(3)15-12(16)5-4-6-13(15)17/h4-8,10-11,18H,1-3H3. The molecule has 1 heterocycles. The van der Waals surface area contributed by atoms with E-state index < -0.39 is 11.6 Å². The van der Waals surface area contributed by atoms with Gasteiger partial charge in [-0.1, -0.05) is 6.07 Å². The van der Waals surface area contributed by atoms with E-state index in [1.165, 1.54) is 28.0 Å².